The van der Waals surface area contributed by atoms with Gasteiger partial charge in [-0.1, -0.05) is 0 Å². The zero-order valence-corrected chi connectivity index (χ0v) is 8.19. The van der Waals surface area contributed by atoms with Gasteiger partial charge >= 0.3 is 12.1 Å². The van der Waals surface area contributed by atoms with Crippen molar-refractivity contribution in [1.29, 1.82) is 0 Å². The second-order valence-electron chi connectivity index (χ2n) is 3.43. The summed E-state index contributed by atoms with van der Waals surface area (Å²) < 4.78 is 5.01. The van der Waals surface area contributed by atoms with Gasteiger partial charge in [-0.05, 0) is 0 Å². The van der Waals surface area contributed by atoms with E-state index in [-0.39, 0.29) is 6.10 Å². The van der Waals surface area contributed by atoms with E-state index in [0.29, 0.717) is 13.0 Å². The fourth-order valence-electron chi connectivity index (χ4n) is 1.23. The van der Waals surface area contributed by atoms with Crippen LogP contribution in [0.2, 0.25) is 0 Å². The molecule has 1 saturated heterocycles. The Hall–Kier alpha value is -1.30. The van der Waals surface area contributed by atoms with Crippen LogP contribution in [0.3, 0.4) is 0 Å². The number of hydrogen-bond acceptors (Lipinski definition) is 4. The quantitative estimate of drug-likeness (QED) is 0.631. The van der Waals surface area contributed by atoms with Crippen LogP contribution in [0.1, 0.15) is 6.42 Å². The van der Waals surface area contributed by atoms with Gasteiger partial charge in [0.25, 0.3) is 0 Å². The Kier molecular flexibility index (Phi) is 3.29. The van der Waals surface area contributed by atoms with Crippen LogP contribution in [-0.2, 0) is 9.53 Å². The van der Waals surface area contributed by atoms with Crippen molar-refractivity contribution >= 4 is 12.1 Å². The van der Waals surface area contributed by atoms with E-state index < -0.39 is 18.1 Å². The molecule has 0 aromatic carbocycles. The summed E-state index contributed by atoms with van der Waals surface area (Å²) in [4.78, 5) is 23.0. The van der Waals surface area contributed by atoms with Gasteiger partial charge in [0.15, 0.2) is 0 Å². The summed E-state index contributed by atoms with van der Waals surface area (Å²) in [6.45, 7) is 0.399. The van der Waals surface area contributed by atoms with Gasteiger partial charge < -0.3 is 20.1 Å². The molecule has 0 bridgehead atoms. The highest BCUT2D eigenvalue weighted by atomic mass is 16.6. The van der Waals surface area contributed by atoms with Gasteiger partial charge in [0.2, 0.25) is 0 Å². The largest absolute Gasteiger partial charge is 0.480 e. The average Bonchev–Trinajstić information content (AvgIpc) is 2.52. The molecule has 0 saturated carbocycles. The maximum atomic E-state index is 11.1. The molecule has 0 radical (unpaired) electrons. The second kappa shape index (κ2) is 4.28. The Morgan fingerprint density at radius 2 is 2.14 bits per heavy atom. The molecule has 80 valence electrons. The van der Waals surface area contributed by atoms with Crippen LogP contribution in [0.15, 0.2) is 0 Å². The summed E-state index contributed by atoms with van der Waals surface area (Å²) >= 11 is 0. The lowest BCUT2D eigenvalue weighted by molar-refractivity contribution is -0.139. The lowest BCUT2D eigenvalue weighted by Crippen LogP contribution is -2.30. The lowest BCUT2D eigenvalue weighted by atomic mass is 10.2. The van der Waals surface area contributed by atoms with Gasteiger partial charge in [-0.3, -0.25) is 4.79 Å². The lowest BCUT2D eigenvalue weighted by Gasteiger charge is -2.15. The first kappa shape index (κ1) is 10.8. The average molecular weight is 202 g/mol. The van der Waals surface area contributed by atoms with E-state index in [2.05, 4.69) is 5.32 Å². The Labute approximate surface area is 81.8 Å². The van der Waals surface area contributed by atoms with Gasteiger partial charge in [-0.15, -0.1) is 0 Å². The van der Waals surface area contributed by atoms with Crippen molar-refractivity contribution in [1.82, 2.24) is 10.2 Å². The summed E-state index contributed by atoms with van der Waals surface area (Å²) in [5, 5.41) is 11.4. The summed E-state index contributed by atoms with van der Waals surface area (Å²) in [6, 6.07) is -0.602. The van der Waals surface area contributed by atoms with Crippen LogP contribution >= 0.6 is 0 Å². The van der Waals surface area contributed by atoms with E-state index in [1.165, 1.54) is 4.90 Å². The number of aliphatic carboxylic acids is 1. The smallest absolute Gasteiger partial charge is 0.409 e. The number of carbonyl (C=O) groups is 2. The SMILES string of the molecule is CN(C)C(=O)O[C@H]1CN[C@H](C(=O)O)C1. The first-order valence-electron chi connectivity index (χ1n) is 4.35. The third-order valence-corrected chi connectivity index (χ3v) is 2.02. The molecule has 6 nitrogen and oxygen atoms in total. The van der Waals surface area contributed by atoms with Gasteiger partial charge in [0.05, 0.1) is 0 Å². The number of carbonyl (C=O) groups excluding carboxylic acids is 1. The Morgan fingerprint density at radius 3 is 2.57 bits per heavy atom. The monoisotopic (exact) mass is 202 g/mol. The molecule has 6 heteroatoms. The zero-order valence-electron chi connectivity index (χ0n) is 8.19. The van der Waals surface area contributed by atoms with E-state index in [1.807, 2.05) is 0 Å². The Bertz CT molecular complexity index is 241. The van der Waals surface area contributed by atoms with Gasteiger partial charge in [-0.25, -0.2) is 4.79 Å². The molecule has 1 heterocycles. The van der Waals surface area contributed by atoms with Crippen molar-refractivity contribution in [3.8, 4) is 0 Å². The van der Waals surface area contributed by atoms with Crippen molar-refractivity contribution in [3.05, 3.63) is 0 Å². The zero-order chi connectivity index (χ0) is 10.7. The molecule has 1 fully saturated rings. The normalized spacial score (nSPS) is 25.9. The van der Waals surface area contributed by atoms with E-state index in [4.69, 9.17) is 9.84 Å². The first-order chi connectivity index (χ1) is 6.50. The predicted octanol–water partition coefficient (Wildman–Crippen LogP) is -0.500. The van der Waals surface area contributed by atoms with Gasteiger partial charge in [0.1, 0.15) is 12.1 Å². The number of rotatable bonds is 2. The number of carboxylic acids is 1. The molecule has 0 spiro atoms. The van der Waals surface area contributed by atoms with Crippen LogP contribution in [0.25, 0.3) is 0 Å². The molecule has 2 N–H and O–H groups in total. The highest BCUT2D eigenvalue weighted by Gasteiger charge is 2.31. The van der Waals surface area contributed by atoms with E-state index in [0.717, 1.165) is 0 Å². The maximum absolute atomic E-state index is 11.1. The molecule has 0 aromatic heterocycles. The standard InChI is InChI=1S/C8H14N2O4/c1-10(2)8(13)14-5-3-6(7(11)12)9-4-5/h5-6,9H,3-4H2,1-2H3,(H,11,12)/t5-,6+/m1/s1. The van der Waals surface area contributed by atoms with Crippen molar-refractivity contribution in [2.75, 3.05) is 20.6 Å². The fraction of sp³-hybridized carbons (Fsp3) is 0.750. The third kappa shape index (κ3) is 2.59. The Morgan fingerprint density at radius 1 is 1.50 bits per heavy atom. The van der Waals surface area contributed by atoms with Crippen molar-refractivity contribution in [3.63, 3.8) is 0 Å². The summed E-state index contributed by atoms with van der Waals surface area (Å²) in [7, 11) is 3.17. The number of nitrogens with one attached hydrogen (secondary N) is 1. The summed E-state index contributed by atoms with van der Waals surface area (Å²) in [5.74, 6) is -0.909. The predicted molar refractivity (Wildman–Crippen MR) is 48.0 cm³/mol. The number of ether oxygens (including phenoxy) is 1. The molecule has 1 aliphatic heterocycles. The van der Waals surface area contributed by atoms with E-state index >= 15 is 0 Å². The molecule has 14 heavy (non-hydrogen) atoms. The van der Waals surface area contributed by atoms with E-state index in [9.17, 15) is 9.59 Å². The van der Waals surface area contributed by atoms with Gasteiger partial charge in [0, 0.05) is 27.1 Å². The van der Waals surface area contributed by atoms with Gasteiger partial charge in [-0.2, -0.15) is 0 Å². The highest BCUT2D eigenvalue weighted by molar-refractivity contribution is 5.74. The van der Waals surface area contributed by atoms with Crippen LogP contribution < -0.4 is 5.32 Å². The number of hydrogen-bond donors (Lipinski definition) is 2. The van der Waals surface area contributed by atoms with Crippen LogP contribution in [0.4, 0.5) is 4.79 Å². The fourth-order valence-corrected chi connectivity index (χ4v) is 1.23. The van der Waals surface area contributed by atoms with Crippen LogP contribution in [-0.4, -0.2) is 54.9 Å². The molecule has 2 atom stereocenters. The first-order valence-corrected chi connectivity index (χ1v) is 4.35. The molecule has 1 aliphatic rings. The Balaban J connectivity index is 2.36. The number of carboxylic acid groups (broad SMARTS) is 1. The van der Waals surface area contributed by atoms with Crippen molar-refractivity contribution < 1.29 is 19.4 Å². The molecular weight excluding hydrogens is 188 g/mol. The molecule has 0 aromatic rings. The molecule has 0 unspecified atom stereocenters. The number of nitrogens with zero attached hydrogens (tertiary/aromatic N) is 1. The van der Waals surface area contributed by atoms with Crippen LogP contribution in [0, 0.1) is 0 Å². The molecular formula is C8H14N2O4. The minimum Gasteiger partial charge on any atom is -0.480 e. The minimum atomic E-state index is -0.909. The summed E-state index contributed by atoms with van der Waals surface area (Å²) in [6.07, 6.45) is -0.455. The third-order valence-electron chi connectivity index (χ3n) is 2.02. The topological polar surface area (TPSA) is 78.9 Å². The molecule has 1 amide bonds. The molecule has 1 rings (SSSR count). The highest BCUT2D eigenvalue weighted by Crippen LogP contribution is 2.11. The number of amides is 1. The van der Waals surface area contributed by atoms with E-state index in [1.54, 1.807) is 14.1 Å². The minimum absolute atomic E-state index is 0.328. The van der Waals surface area contributed by atoms with Crippen molar-refractivity contribution in [2.45, 2.75) is 18.6 Å². The van der Waals surface area contributed by atoms with Crippen molar-refractivity contribution in [2.24, 2.45) is 0 Å². The maximum Gasteiger partial charge on any atom is 0.409 e. The summed E-state index contributed by atoms with van der Waals surface area (Å²) in [5.41, 5.74) is 0. The second-order valence-corrected chi connectivity index (χ2v) is 3.43. The van der Waals surface area contributed by atoms with Crippen LogP contribution in [0.5, 0.6) is 0 Å². The molecule has 0 aliphatic carbocycles.